The molecular formula is C18H20BrN3O3. The van der Waals surface area contributed by atoms with Crippen LogP contribution in [0.3, 0.4) is 0 Å². The summed E-state index contributed by atoms with van der Waals surface area (Å²) in [6, 6.07) is 10.6. The summed E-state index contributed by atoms with van der Waals surface area (Å²) in [5.74, 6) is 0.710. The Labute approximate surface area is 155 Å². The van der Waals surface area contributed by atoms with Gasteiger partial charge in [0, 0.05) is 23.6 Å². The van der Waals surface area contributed by atoms with E-state index < -0.39 is 0 Å². The number of carbonyl (C=O) groups is 2. The van der Waals surface area contributed by atoms with Gasteiger partial charge in [0.25, 0.3) is 5.91 Å². The lowest BCUT2D eigenvalue weighted by atomic mass is 10.2. The summed E-state index contributed by atoms with van der Waals surface area (Å²) in [5, 5.41) is 5.51. The summed E-state index contributed by atoms with van der Waals surface area (Å²) in [7, 11) is 0. The molecular weight excluding hydrogens is 386 g/mol. The zero-order chi connectivity index (χ0) is 18.1. The normalized spacial score (nSPS) is 10.2. The second kappa shape index (κ2) is 9.78. The van der Waals surface area contributed by atoms with E-state index in [1.165, 1.54) is 0 Å². The highest BCUT2D eigenvalue weighted by atomic mass is 79.9. The number of nitrogens with one attached hydrogen (secondary N) is 2. The number of rotatable bonds is 8. The van der Waals surface area contributed by atoms with Crippen LogP contribution in [-0.2, 0) is 4.79 Å². The molecule has 0 spiro atoms. The highest BCUT2D eigenvalue weighted by molar-refractivity contribution is 9.10. The molecule has 0 saturated carbocycles. The molecule has 0 unspecified atom stereocenters. The van der Waals surface area contributed by atoms with Crippen molar-refractivity contribution in [3.8, 4) is 5.75 Å². The average Bonchev–Trinajstić information content (AvgIpc) is 2.61. The molecule has 0 saturated heterocycles. The van der Waals surface area contributed by atoms with Crippen molar-refractivity contribution >= 4 is 33.6 Å². The van der Waals surface area contributed by atoms with Gasteiger partial charge >= 0.3 is 0 Å². The Morgan fingerprint density at radius 2 is 2.00 bits per heavy atom. The minimum atomic E-state index is -0.209. The van der Waals surface area contributed by atoms with Crippen molar-refractivity contribution in [3.63, 3.8) is 0 Å². The van der Waals surface area contributed by atoms with Crippen molar-refractivity contribution in [2.75, 3.05) is 18.5 Å². The Balaban J connectivity index is 1.74. The van der Waals surface area contributed by atoms with Gasteiger partial charge in [-0.05, 0) is 53.5 Å². The second-order valence-electron chi connectivity index (χ2n) is 5.20. The third kappa shape index (κ3) is 6.19. The minimum absolute atomic E-state index is 0.140. The quantitative estimate of drug-likeness (QED) is 0.659. The molecule has 2 N–H and O–H groups in total. The highest BCUT2D eigenvalue weighted by Gasteiger charge is 2.11. The number of nitrogens with zero attached hydrogens (tertiary/aromatic N) is 1. The predicted octanol–water partition coefficient (Wildman–Crippen LogP) is 3.39. The molecule has 25 heavy (non-hydrogen) atoms. The van der Waals surface area contributed by atoms with E-state index in [-0.39, 0.29) is 11.8 Å². The van der Waals surface area contributed by atoms with Crippen LogP contribution in [0.25, 0.3) is 0 Å². The summed E-state index contributed by atoms with van der Waals surface area (Å²) < 4.78 is 6.29. The van der Waals surface area contributed by atoms with Gasteiger partial charge in [-0.1, -0.05) is 12.1 Å². The van der Waals surface area contributed by atoms with E-state index in [0.717, 1.165) is 4.47 Å². The maximum atomic E-state index is 12.2. The monoisotopic (exact) mass is 405 g/mol. The fourth-order valence-corrected chi connectivity index (χ4v) is 2.37. The molecule has 1 aromatic heterocycles. The van der Waals surface area contributed by atoms with Gasteiger partial charge in [0.2, 0.25) is 5.91 Å². The largest absolute Gasteiger partial charge is 0.493 e. The SMILES string of the molecule is CCOc1ccccc1C(=O)NCCCC(=O)Nc1ccc(Br)cn1. The van der Waals surface area contributed by atoms with E-state index in [0.29, 0.717) is 43.1 Å². The van der Waals surface area contributed by atoms with Gasteiger partial charge in [-0.15, -0.1) is 0 Å². The Morgan fingerprint density at radius 3 is 2.72 bits per heavy atom. The average molecular weight is 406 g/mol. The molecule has 6 nitrogen and oxygen atoms in total. The Hall–Kier alpha value is -2.41. The van der Waals surface area contributed by atoms with E-state index in [2.05, 4.69) is 31.5 Å². The summed E-state index contributed by atoms with van der Waals surface area (Å²) in [4.78, 5) is 28.1. The Morgan fingerprint density at radius 1 is 1.20 bits per heavy atom. The van der Waals surface area contributed by atoms with Crippen LogP contribution in [-0.4, -0.2) is 29.9 Å². The zero-order valence-electron chi connectivity index (χ0n) is 13.9. The first-order valence-electron chi connectivity index (χ1n) is 8.01. The smallest absolute Gasteiger partial charge is 0.255 e. The number of pyridine rings is 1. The molecule has 0 bridgehead atoms. The lowest BCUT2D eigenvalue weighted by molar-refractivity contribution is -0.116. The number of carbonyl (C=O) groups excluding carboxylic acids is 2. The lowest BCUT2D eigenvalue weighted by Gasteiger charge is -2.10. The first-order chi connectivity index (χ1) is 12.1. The fourth-order valence-electron chi connectivity index (χ4n) is 2.14. The summed E-state index contributed by atoms with van der Waals surface area (Å²) in [6.07, 6.45) is 2.45. The first-order valence-corrected chi connectivity index (χ1v) is 8.81. The van der Waals surface area contributed by atoms with Gasteiger partial charge in [-0.3, -0.25) is 9.59 Å². The number of aromatic nitrogens is 1. The summed E-state index contributed by atoms with van der Waals surface area (Å²) in [6.45, 7) is 2.77. The molecule has 0 atom stereocenters. The second-order valence-corrected chi connectivity index (χ2v) is 6.11. The number of hydrogen-bond donors (Lipinski definition) is 2. The van der Waals surface area contributed by atoms with Gasteiger partial charge in [-0.25, -0.2) is 4.98 Å². The van der Waals surface area contributed by atoms with Crippen LogP contribution >= 0.6 is 15.9 Å². The molecule has 2 amide bonds. The first kappa shape index (κ1) is 18.9. The molecule has 0 radical (unpaired) electrons. The van der Waals surface area contributed by atoms with E-state index in [4.69, 9.17) is 4.74 Å². The number of amides is 2. The molecule has 0 aliphatic carbocycles. The number of benzene rings is 1. The van der Waals surface area contributed by atoms with Gasteiger partial charge in [0.05, 0.1) is 12.2 Å². The molecule has 1 aromatic carbocycles. The molecule has 0 aliphatic rings. The van der Waals surface area contributed by atoms with E-state index in [1.54, 1.807) is 36.5 Å². The lowest BCUT2D eigenvalue weighted by Crippen LogP contribution is -2.26. The van der Waals surface area contributed by atoms with Crippen LogP contribution in [0, 0.1) is 0 Å². The van der Waals surface area contributed by atoms with Gasteiger partial charge in [0.15, 0.2) is 0 Å². The molecule has 0 aliphatic heterocycles. The van der Waals surface area contributed by atoms with Crippen molar-refractivity contribution in [1.29, 1.82) is 0 Å². The number of para-hydroxylation sites is 1. The van der Waals surface area contributed by atoms with E-state index in [9.17, 15) is 9.59 Å². The third-order valence-corrected chi connectivity index (χ3v) is 3.76. The van der Waals surface area contributed by atoms with Crippen LogP contribution in [0.1, 0.15) is 30.1 Å². The molecule has 1 heterocycles. The van der Waals surface area contributed by atoms with Crippen LogP contribution in [0.5, 0.6) is 5.75 Å². The molecule has 132 valence electrons. The number of anilines is 1. The van der Waals surface area contributed by atoms with Crippen molar-refractivity contribution < 1.29 is 14.3 Å². The van der Waals surface area contributed by atoms with Crippen LogP contribution in [0.2, 0.25) is 0 Å². The Kier molecular flexibility index (Phi) is 7.40. The van der Waals surface area contributed by atoms with Gasteiger partial charge < -0.3 is 15.4 Å². The van der Waals surface area contributed by atoms with Crippen molar-refractivity contribution in [2.24, 2.45) is 0 Å². The maximum Gasteiger partial charge on any atom is 0.255 e. The highest BCUT2D eigenvalue weighted by Crippen LogP contribution is 2.17. The minimum Gasteiger partial charge on any atom is -0.493 e. The fraction of sp³-hybridized carbons (Fsp3) is 0.278. The van der Waals surface area contributed by atoms with Gasteiger partial charge in [-0.2, -0.15) is 0 Å². The zero-order valence-corrected chi connectivity index (χ0v) is 15.5. The van der Waals surface area contributed by atoms with E-state index >= 15 is 0 Å². The van der Waals surface area contributed by atoms with Crippen LogP contribution in [0.15, 0.2) is 47.1 Å². The van der Waals surface area contributed by atoms with Crippen molar-refractivity contribution in [3.05, 3.63) is 52.6 Å². The molecule has 2 rings (SSSR count). The molecule has 2 aromatic rings. The van der Waals surface area contributed by atoms with Crippen molar-refractivity contribution in [1.82, 2.24) is 10.3 Å². The van der Waals surface area contributed by atoms with Crippen LogP contribution in [0.4, 0.5) is 5.82 Å². The van der Waals surface area contributed by atoms with E-state index in [1.807, 2.05) is 13.0 Å². The molecule has 7 heteroatoms. The summed E-state index contributed by atoms with van der Waals surface area (Å²) in [5.41, 5.74) is 0.493. The number of halogens is 1. The summed E-state index contributed by atoms with van der Waals surface area (Å²) >= 11 is 3.29. The third-order valence-electron chi connectivity index (χ3n) is 3.29. The topological polar surface area (TPSA) is 80.3 Å². The van der Waals surface area contributed by atoms with Crippen molar-refractivity contribution in [2.45, 2.75) is 19.8 Å². The number of ether oxygens (including phenoxy) is 1. The standard InChI is InChI=1S/C18H20BrN3O3/c1-2-25-15-7-4-3-6-14(15)18(24)20-11-5-8-17(23)22-16-10-9-13(19)12-21-16/h3-4,6-7,9-10,12H,2,5,8,11H2,1H3,(H,20,24)(H,21,22,23). The predicted molar refractivity (Wildman–Crippen MR) is 99.7 cm³/mol. The van der Waals surface area contributed by atoms with Crippen LogP contribution < -0.4 is 15.4 Å². The Bertz CT molecular complexity index is 720. The molecule has 0 fully saturated rings. The van der Waals surface area contributed by atoms with Gasteiger partial charge in [0.1, 0.15) is 11.6 Å². The maximum absolute atomic E-state index is 12.2. The number of hydrogen-bond acceptors (Lipinski definition) is 4.